The third kappa shape index (κ3) is 3.84. The minimum Gasteiger partial charge on any atom is -0.496 e. The van der Waals surface area contributed by atoms with E-state index >= 15 is 0 Å². The first-order valence-electron chi connectivity index (χ1n) is 5.91. The van der Waals surface area contributed by atoms with Crippen LogP contribution < -0.4 is 4.74 Å². The van der Waals surface area contributed by atoms with Crippen LogP contribution in [0.3, 0.4) is 0 Å². The molecule has 1 aliphatic heterocycles. The van der Waals surface area contributed by atoms with E-state index in [-0.39, 0.29) is 18.4 Å². The first-order valence-corrected chi connectivity index (χ1v) is 6.70. The number of hydrogen-bond donors (Lipinski definition) is 1. The highest BCUT2D eigenvalue weighted by Crippen LogP contribution is 2.27. The highest BCUT2D eigenvalue weighted by Gasteiger charge is 2.30. The predicted octanol–water partition coefficient (Wildman–Crippen LogP) is 2.93. The van der Waals surface area contributed by atoms with Crippen LogP contribution in [0.2, 0.25) is 0 Å². The Labute approximate surface area is 127 Å². The van der Waals surface area contributed by atoms with Gasteiger partial charge in [0.25, 0.3) is 0 Å². The van der Waals surface area contributed by atoms with E-state index in [0.717, 1.165) is 35.2 Å². The summed E-state index contributed by atoms with van der Waals surface area (Å²) in [6.45, 7) is 1.44. The van der Waals surface area contributed by atoms with Gasteiger partial charge in [-0.15, -0.1) is 12.4 Å². The summed E-state index contributed by atoms with van der Waals surface area (Å²) in [6.07, 6.45) is 1.67. The highest BCUT2D eigenvalue weighted by atomic mass is 79.9. The minimum absolute atomic E-state index is 0. The van der Waals surface area contributed by atoms with Gasteiger partial charge >= 0.3 is 5.97 Å². The van der Waals surface area contributed by atoms with Crippen molar-refractivity contribution >= 4 is 34.3 Å². The van der Waals surface area contributed by atoms with Crippen molar-refractivity contribution in [2.75, 3.05) is 13.7 Å². The second-order valence-corrected chi connectivity index (χ2v) is 5.34. The molecule has 1 heterocycles. The largest absolute Gasteiger partial charge is 0.496 e. The summed E-state index contributed by atoms with van der Waals surface area (Å²) >= 11 is 3.43. The molecule has 0 radical (unpaired) electrons. The van der Waals surface area contributed by atoms with Crippen molar-refractivity contribution in [1.82, 2.24) is 4.90 Å². The number of carbonyl (C=O) groups is 1. The van der Waals surface area contributed by atoms with Crippen LogP contribution in [0.1, 0.15) is 18.4 Å². The summed E-state index contributed by atoms with van der Waals surface area (Å²) in [7, 11) is 1.63. The Morgan fingerprint density at radius 2 is 2.32 bits per heavy atom. The predicted molar refractivity (Wildman–Crippen MR) is 79.0 cm³/mol. The smallest absolute Gasteiger partial charge is 0.320 e. The maximum absolute atomic E-state index is 11.1. The van der Waals surface area contributed by atoms with Crippen LogP contribution in [0.25, 0.3) is 0 Å². The molecular formula is C13H17BrClNO3. The van der Waals surface area contributed by atoms with Gasteiger partial charge in [-0.05, 0) is 37.6 Å². The van der Waals surface area contributed by atoms with E-state index in [1.807, 2.05) is 23.1 Å². The molecule has 2 rings (SSSR count). The van der Waals surface area contributed by atoms with Crippen molar-refractivity contribution in [3.63, 3.8) is 0 Å². The summed E-state index contributed by atoms with van der Waals surface area (Å²) in [4.78, 5) is 13.1. The molecule has 1 N–H and O–H groups in total. The van der Waals surface area contributed by atoms with Gasteiger partial charge in [0.1, 0.15) is 11.8 Å². The van der Waals surface area contributed by atoms with Gasteiger partial charge in [-0.1, -0.05) is 15.9 Å². The van der Waals surface area contributed by atoms with Crippen molar-refractivity contribution in [2.45, 2.75) is 25.4 Å². The van der Waals surface area contributed by atoms with Gasteiger partial charge in [-0.25, -0.2) is 0 Å². The van der Waals surface area contributed by atoms with Crippen LogP contribution in [0.15, 0.2) is 22.7 Å². The fourth-order valence-corrected chi connectivity index (χ4v) is 2.79. The minimum atomic E-state index is -0.735. The van der Waals surface area contributed by atoms with Gasteiger partial charge in [0.2, 0.25) is 0 Å². The number of halogens is 2. The van der Waals surface area contributed by atoms with Crippen LogP contribution in [0.5, 0.6) is 5.75 Å². The summed E-state index contributed by atoms with van der Waals surface area (Å²) < 4.78 is 6.29. The zero-order chi connectivity index (χ0) is 13.1. The zero-order valence-electron chi connectivity index (χ0n) is 10.6. The second kappa shape index (κ2) is 7.12. The number of carboxylic acids is 1. The Bertz CT molecular complexity index is 456. The number of ether oxygens (including phenoxy) is 1. The average molecular weight is 351 g/mol. The number of methoxy groups -OCH3 is 1. The van der Waals surface area contributed by atoms with Crippen LogP contribution in [-0.2, 0) is 11.3 Å². The number of carboxylic acid groups (broad SMARTS) is 1. The number of aliphatic carboxylic acids is 1. The molecule has 0 bridgehead atoms. The molecule has 4 nitrogen and oxygen atoms in total. The molecule has 1 aromatic carbocycles. The van der Waals surface area contributed by atoms with Gasteiger partial charge in [0, 0.05) is 16.6 Å². The Morgan fingerprint density at radius 1 is 1.58 bits per heavy atom. The topological polar surface area (TPSA) is 49.8 Å². The SMILES string of the molecule is COc1ccc(Br)cc1CN1CCC[C@@H]1C(=O)O.Cl. The molecule has 0 aliphatic carbocycles. The van der Waals surface area contributed by atoms with Crippen molar-refractivity contribution < 1.29 is 14.6 Å². The molecule has 0 unspecified atom stereocenters. The summed E-state index contributed by atoms with van der Waals surface area (Å²) in [6, 6.07) is 5.43. The Kier molecular flexibility index (Phi) is 6.10. The van der Waals surface area contributed by atoms with E-state index in [1.54, 1.807) is 7.11 Å². The van der Waals surface area contributed by atoms with Crippen LogP contribution >= 0.6 is 28.3 Å². The van der Waals surface area contributed by atoms with Crippen molar-refractivity contribution in [2.24, 2.45) is 0 Å². The van der Waals surface area contributed by atoms with Crippen molar-refractivity contribution in [3.05, 3.63) is 28.2 Å². The van der Waals surface area contributed by atoms with Crippen LogP contribution in [-0.4, -0.2) is 35.7 Å². The summed E-state index contributed by atoms with van der Waals surface area (Å²) in [5.74, 6) is 0.0655. The van der Waals surface area contributed by atoms with Gasteiger partial charge in [-0.2, -0.15) is 0 Å². The van der Waals surface area contributed by atoms with Gasteiger partial charge in [0.15, 0.2) is 0 Å². The number of rotatable bonds is 4. The zero-order valence-corrected chi connectivity index (χ0v) is 13.0. The normalized spacial score (nSPS) is 18.9. The maximum Gasteiger partial charge on any atom is 0.320 e. The van der Waals surface area contributed by atoms with Crippen LogP contribution in [0, 0.1) is 0 Å². The molecule has 1 aromatic rings. The molecule has 1 fully saturated rings. The lowest BCUT2D eigenvalue weighted by atomic mass is 10.1. The number of benzene rings is 1. The lowest BCUT2D eigenvalue weighted by molar-refractivity contribution is -0.142. The standard InChI is InChI=1S/C13H16BrNO3.ClH/c1-18-12-5-4-10(14)7-9(12)8-15-6-2-3-11(15)13(16)17;/h4-5,7,11H,2-3,6,8H2,1H3,(H,16,17);1H/t11-;/m1./s1. The molecule has 106 valence electrons. The molecule has 0 saturated carbocycles. The maximum atomic E-state index is 11.1. The van der Waals surface area contributed by atoms with E-state index < -0.39 is 5.97 Å². The fraction of sp³-hybridized carbons (Fsp3) is 0.462. The number of nitrogens with zero attached hydrogens (tertiary/aromatic N) is 1. The quantitative estimate of drug-likeness (QED) is 0.907. The summed E-state index contributed by atoms with van der Waals surface area (Å²) in [5, 5.41) is 9.16. The third-order valence-electron chi connectivity index (χ3n) is 3.26. The Morgan fingerprint density at radius 3 is 2.95 bits per heavy atom. The van der Waals surface area contributed by atoms with Crippen molar-refractivity contribution in [1.29, 1.82) is 0 Å². The van der Waals surface area contributed by atoms with Gasteiger partial charge < -0.3 is 9.84 Å². The second-order valence-electron chi connectivity index (χ2n) is 4.42. The Balaban J connectivity index is 0.00000180. The van der Waals surface area contributed by atoms with E-state index in [0.29, 0.717) is 6.54 Å². The van der Waals surface area contributed by atoms with E-state index in [2.05, 4.69) is 15.9 Å². The van der Waals surface area contributed by atoms with Crippen molar-refractivity contribution in [3.8, 4) is 5.75 Å². The average Bonchev–Trinajstić information content (AvgIpc) is 2.77. The van der Waals surface area contributed by atoms with E-state index in [1.165, 1.54) is 0 Å². The lowest BCUT2D eigenvalue weighted by Crippen LogP contribution is -2.35. The van der Waals surface area contributed by atoms with E-state index in [9.17, 15) is 4.79 Å². The number of likely N-dealkylation sites (tertiary alicyclic amines) is 1. The molecule has 0 amide bonds. The van der Waals surface area contributed by atoms with Crippen LogP contribution in [0.4, 0.5) is 0 Å². The van der Waals surface area contributed by atoms with Gasteiger partial charge in [0.05, 0.1) is 7.11 Å². The monoisotopic (exact) mass is 349 g/mol. The Hall–Kier alpha value is -0.780. The first-order chi connectivity index (χ1) is 8.61. The number of hydrogen-bond acceptors (Lipinski definition) is 3. The van der Waals surface area contributed by atoms with Gasteiger partial charge in [-0.3, -0.25) is 9.69 Å². The van der Waals surface area contributed by atoms with E-state index in [4.69, 9.17) is 9.84 Å². The highest BCUT2D eigenvalue weighted by molar-refractivity contribution is 9.10. The molecule has 1 aliphatic rings. The summed E-state index contributed by atoms with van der Waals surface area (Å²) in [5.41, 5.74) is 1.01. The molecule has 0 spiro atoms. The molecule has 19 heavy (non-hydrogen) atoms. The first kappa shape index (κ1) is 16.3. The molecule has 0 aromatic heterocycles. The molecule has 1 atom stereocenters. The molecular weight excluding hydrogens is 334 g/mol. The lowest BCUT2D eigenvalue weighted by Gasteiger charge is -2.22. The molecule has 6 heteroatoms. The third-order valence-corrected chi connectivity index (χ3v) is 3.76. The molecule has 1 saturated heterocycles. The fourth-order valence-electron chi connectivity index (χ4n) is 2.38.